The van der Waals surface area contributed by atoms with Gasteiger partial charge in [0.15, 0.2) is 0 Å². The number of hydrogen-bond acceptors (Lipinski definition) is 4. The van der Waals surface area contributed by atoms with Crippen LogP contribution in [0.2, 0.25) is 5.02 Å². The van der Waals surface area contributed by atoms with E-state index < -0.39 is 17.6 Å². The first kappa shape index (κ1) is 21.8. The Bertz CT molecular complexity index is 844. The lowest BCUT2D eigenvalue weighted by molar-refractivity contribution is -0.137. The van der Waals surface area contributed by atoms with Crippen LogP contribution in [0.1, 0.15) is 11.1 Å². The highest BCUT2D eigenvalue weighted by Crippen LogP contribution is 2.33. The molecule has 152 valence electrons. The van der Waals surface area contributed by atoms with E-state index >= 15 is 0 Å². The van der Waals surface area contributed by atoms with E-state index in [0.29, 0.717) is 18.0 Å². The van der Waals surface area contributed by atoms with E-state index in [1.54, 1.807) is 31.2 Å². The summed E-state index contributed by atoms with van der Waals surface area (Å²) >= 11 is 5.90. The van der Waals surface area contributed by atoms with Crippen LogP contribution >= 0.6 is 11.6 Å². The van der Waals surface area contributed by atoms with Crippen LogP contribution < -0.4 is 14.8 Å². The quantitative estimate of drug-likeness (QED) is 0.724. The first-order valence-corrected chi connectivity index (χ1v) is 8.58. The van der Waals surface area contributed by atoms with E-state index in [-0.39, 0.29) is 17.3 Å². The number of anilines is 1. The molecule has 0 saturated heterocycles. The van der Waals surface area contributed by atoms with Crippen LogP contribution in [0.4, 0.5) is 18.9 Å². The van der Waals surface area contributed by atoms with Crippen molar-refractivity contribution in [3.8, 4) is 11.5 Å². The minimum Gasteiger partial charge on any atom is -0.497 e. The predicted octanol–water partition coefficient (Wildman–Crippen LogP) is 4.45. The van der Waals surface area contributed by atoms with Crippen LogP contribution in [-0.2, 0) is 17.5 Å². The minimum atomic E-state index is -4.52. The summed E-state index contributed by atoms with van der Waals surface area (Å²) in [5, 5.41) is 2.45. The number of benzene rings is 2. The van der Waals surface area contributed by atoms with Crippen molar-refractivity contribution in [3.05, 3.63) is 52.5 Å². The summed E-state index contributed by atoms with van der Waals surface area (Å²) in [5.41, 5.74) is -0.142. The molecule has 28 heavy (non-hydrogen) atoms. The Hall–Kier alpha value is -2.45. The van der Waals surface area contributed by atoms with E-state index in [0.717, 1.165) is 23.8 Å². The maximum absolute atomic E-state index is 12.8. The molecular weight excluding hydrogens is 397 g/mol. The molecule has 0 saturated carbocycles. The second-order valence-corrected chi connectivity index (χ2v) is 6.50. The number of likely N-dealkylation sites (N-methyl/N-ethyl adjacent to an activating group) is 1. The number of halogens is 4. The second kappa shape index (κ2) is 9.16. The SMILES string of the molecule is COc1ccc(CN(C)CC(=O)Nc2cc(C(F)(F)F)ccc2Cl)c(OC)c1. The van der Waals surface area contributed by atoms with E-state index in [9.17, 15) is 18.0 Å². The normalized spacial score (nSPS) is 11.4. The first-order chi connectivity index (χ1) is 13.1. The summed E-state index contributed by atoms with van der Waals surface area (Å²) < 4.78 is 49.0. The zero-order chi connectivity index (χ0) is 20.9. The molecule has 2 aromatic carbocycles. The lowest BCUT2D eigenvalue weighted by Gasteiger charge is -2.19. The van der Waals surface area contributed by atoms with Gasteiger partial charge in [-0.05, 0) is 31.3 Å². The maximum Gasteiger partial charge on any atom is 0.416 e. The van der Waals surface area contributed by atoms with Gasteiger partial charge in [0.05, 0.1) is 37.0 Å². The number of nitrogens with zero attached hydrogens (tertiary/aromatic N) is 1. The molecule has 0 aliphatic rings. The molecule has 0 fully saturated rings. The number of alkyl halides is 3. The smallest absolute Gasteiger partial charge is 0.416 e. The molecule has 1 N–H and O–H groups in total. The standard InChI is InChI=1S/C19H20ClF3N2O3/c1-25(10-12-4-6-14(27-2)9-17(12)28-3)11-18(26)24-16-8-13(19(21,22)23)5-7-15(16)20/h4-9H,10-11H2,1-3H3,(H,24,26). The van der Waals surface area contributed by atoms with Crippen molar-refractivity contribution in [2.75, 3.05) is 33.1 Å². The average Bonchev–Trinajstić information content (AvgIpc) is 2.62. The van der Waals surface area contributed by atoms with E-state index in [2.05, 4.69) is 5.32 Å². The highest BCUT2D eigenvalue weighted by molar-refractivity contribution is 6.33. The summed E-state index contributed by atoms with van der Waals surface area (Å²) in [6, 6.07) is 8.09. The largest absolute Gasteiger partial charge is 0.497 e. The maximum atomic E-state index is 12.8. The first-order valence-electron chi connectivity index (χ1n) is 8.20. The Kier molecular flexibility index (Phi) is 7.15. The summed E-state index contributed by atoms with van der Waals surface area (Å²) in [6.07, 6.45) is -4.52. The van der Waals surface area contributed by atoms with Crippen LogP contribution in [0.3, 0.4) is 0 Å². The van der Waals surface area contributed by atoms with Gasteiger partial charge in [0.25, 0.3) is 0 Å². The highest BCUT2D eigenvalue weighted by Gasteiger charge is 2.31. The Labute approximate surface area is 166 Å². The van der Waals surface area contributed by atoms with Crippen molar-refractivity contribution in [1.82, 2.24) is 4.90 Å². The molecule has 0 aliphatic carbocycles. The van der Waals surface area contributed by atoms with Crippen LogP contribution in [0.25, 0.3) is 0 Å². The molecule has 2 rings (SSSR count). The number of hydrogen-bond donors (Lipinski definition) is 1. The number of carbonyl (C=O) groups excluding carboxylic acids is 1. The topological polar surface area (TPSA) is 50.8 Å². The fourth-order valence-corrected chi connectivity index (χ4v) is 2.73. The molecule has 0 aliphatic heterocycles. The van der Waals surface area contributed by atoms with Gasteiger partial charge in [-0.1, -0.05) is 17.7 Å². The van der Waals surface area contributed by atoms with Crippen LogP contribution in [0.15, 0.2) is 36.4 Å². The molecule has 9 heteroatoms. The lowest BCUT2D eigenvalue weighted by Crippen LogP contribution is -2.30. The Balaban J connectivity index is 2.04. The monoisotopic (exact) mass is 416 g/mol. The summed E-state index contributed by atoms with van der Waals surface area (Å²) in [4.78, 5) is 13.9. The van der Waals surface area contributed by atoms with Gasteiger partial charge in [-0.2, -0.15) is 13.2 Å². The minimum absolute atomic E-state index is 0.0285. The zero-order valence-corrected chi connectivity index (χ0v) is 16.3. The number of nitrogens with one attached hydrogen (secondary N) is 1. The van der Waals surface area contributed by atoms with Gasteiger partial charge in [-0.25, -0.2) is 0 Å². The van der Waals surface area contributed by atoms with Gasteiger partial charge < -0.3 is 14.8 Å². The van der Waals surface area contributed by atoms with Crippen molar-refractivity contribution < 1.29 is 27.4 Å². The van der Waals surface area contributed by atoms with E-state index in [1.165, 1.54) is 7.11 Å². The van der Waals surface area contributed by atoms with Gasteiger partial charge in [0, 0.05) is 18.2 Å². The summed E-state index contributed by atoms with van der Waals surface area (Å²) in [6.45, 7) is 0.332. The summed E-state index contributed by atoms with van der Waals surface area (Å²) in [7, 11) is 4.78. The molecule has 0 unspecified atom stereocenters. The van der Waals surface area contributed by atoms with Crippen molar-refractivity contribution in [2.45, 2.75) is 12.7 Å². The van der Waals surface area contributed by atoms with Gasteiger partial charge in [0.1, 0.15) is 11.5 Å². The average molecular weight is 417 g/mol. The fourth-order valence-electron chi connectivity index (χ4n) is 2.56. The van der Waals surface area contributed by atoms with E-state index in [4.69, 9.17) is 21.1 Å². The Morgan fingerprint density at radius 2 is 1.86 bits per heavy atom. The molecule has 0 aromatic heterocycles. The predicted molar refractivity (Wildman–Crippen MR) is 101 cm³/mol. The lowest BCUT2D eigenvalue weighted by atomic mass is 10.1. The van der Waals surface area contributed by atoms with Gasteiger partial charge in [-0.15, -0.1) is 0 Å². The number of carbonyl (C=O) groups is 1. The third kappa shape index (κ3) is 5.77. The Morgan fingerprint density at radius 1 is 1.14 bits per heavy atom. The van der Waals surface area contributed by atoms with Crippen molar-refractivity contribution in [2.24, 2.45) is 0 Å². The molecule has 2 aromatic rings. The van der Waals surface area contributed by atoms with Crippen molar-refractivity contribution in [3.63, 3.8) is 0 Å². The van der Waals surface area contributed by atoms with Crippen molar-refractivity contribution >= 4 is 23.2 Å². The van der Waals surface area contributed by atoms with Gasteiger partial charge in [-0.3, -0.25) is 9.69 Å². The molecule has 5 nitrogen and oxygen atoms in total. The number of ether oxygens (including phenoxy) is 2. The van der Waals surface area contributed by atoms with Crippen LogP contribution in [0, 0.1) is 0 Å². The molecule has 0 heterocycles. The Morgan fingerprint density at radius 3 is 2.46 bits per heavy atom. The van der Waals surface area contributed by atoms with Gasteiger partial charge in [0.2, 0.25) is 5.91 Å². The number of amides is 1. The zero-order valence-electron chi connectivity index (χ0n) is 15.6. The highest BCUT2D eigenvalue weighted by atomic mass is 35.5. The van der Waals surface area contributed by atoms with Crippen LogP contribution in [-0.4, -0.2) is 38.6 Å². The number of methoxy groups -OCH3 is 2. The summed E-state index contributed by atoms with van der Waals surface area (Å²) in [5.74, 6) is 0.754. The van der Waals surface area contributed by atoms with E-state index in [1.807, 2.05) is 6.07 Å². The molecule has 0 atom stereocenters. The molecule has 1 amide bonds. The second-order valence-electron chi connectivity index (χ2n) is 6.09. The van der Waals surface area contributed by atoms with Crippen LogP contribution in [0.5, 0.6) is 11.5 Å². The van der Waals surface area contributed by atoms with Gasteiger partial charge >= 0.3 is 6.18 Å². The third-order valence-corrected chi connectivity index (χ3v) is 4.25. The van der Waals surface area contributed by atoms with Crippen molar-refractivity contribution in [1.29, 1.82) is 0 Å². The number of rotatable bonds is 7. The molecule has 0 radical (unpaired) electrons. The fraction of sp³-hybridized carbons (Fsp3) is 0.316. The third-order valence-electron chi connectivity index (χ3n) is 3.92. The molecule has 0 bridgehead atoms. The molecular formula is C19H20ClF3N2O3. The molecule has 0 spiro atoms.